The second kappa shape index (κ2) is 10.6. The Bertz CT molecular complexity index is 227. The summed E-state index contributed by atoms with van der Waals surface area (Å²) in [6.07, 6.45) is 6.60. The van der Waals surface area contributed by atoms with Crippen LogP contribution < -0.4 is 16.8 Å². The molecule has 2 atom stereocenters. The largest absolute Gasteiger partial charge is 0.344 e. The summed E-state index contributed by atoms with van der Waals surface area (Å²) in [6.45, 7) is 0.590. The van der Waals surface area contributed by atoms with Gasteiger partial charge >= 0.3 is 0 Å². The van der Waals surface area contributed by atoms with Crippen LogP contribution in [0.1, 0.15) is 25.7 Å². The zero-order valence-corrected chi connectivity index (χ0v) is 11.1. The van der Waals surface area contributed by atoms with Crippen LogP contribution in [0, 0.1) is 0 Å². The van der Waals surface area contributed by atoms with Crippen LogP contribution in [0.3, 0.4) is 0 Å². The summed E-state index contributed by atoms with van der Waals surface area (Å²) in [5, 5.41) is 2.60. The summed E-state index contributed by atoms with van der Waals surface area (Å²) in [5.74, 6) is 0.553. The number of thioether (sulfide) groups is 1. The van der Waals surface area contributed by atoms with Crippen LogP contribution in [-0.2, 0) is 9.59 Å². The third-order valence-electron chi connectivity index (χ3n) is 2.38. The van der Waals surface area contributed by atoms with Gasteiger partial charge in [-0.1, -0.05) is 0 Å². The first-order valence-electron chi connectivity index (χ1n) is 5.78. The van der Waals surface area contributed by atoms with Crippen LogP contribution in [0.25, 0.3) is 0 Å². The predicted octanol–water partition coefficient (Wildman–Crippen LogP) is -0.210. The highest BCUT2D eigenvalue weighted by Crippen LogP contribution is 2.01. The lowest BCUT2D eigenvalue weighted by Gasteiger charge is -2.15. The molecule has 6 heteroatoms. The van der Waals surface area contributed by atoms with Crippen molar-refractivity contribution >= 4 is 24.0 Å². The maximum Gasteiger partial charge on any atom is 0.237 e. The third-order valence-corrected chi connectivity index (χ3v) is 3.02. The number of hydrogen-bond acceptors (Lipinski definition) is 5. The second-order valence-electron chi connectivity index (χ2n) is 3.85. The lowest BCUT2D eigenvalue weighted by atomic mass is 10.1. The Morgan fingerprint density at radius 3 is 2.65 bits per heavy atom. The van der Waals surface area contributed by atoms with Crippen molar-refractivity contribution < 1.29 is 9.59 Å². The Kier molecular flexibility index (Phi) is 10.2. The van der Waals surface area contributed by atoms with Gasteiger partial charge in [0.1, 0.15) is 0 Å². The molecule has 1 radical (unpaired) electrons. The third kappa shape index (κ3) is 8.18. The fraction of sp³-hybridized carbons (Fsp3) is 0.818. The molecule has 0 saturated heterocycles. The van der Waals surface area contributed by atoms with E-state index in [9.17, 15) is 9.59 Å². The van der Waals surface area contributed by atoms with E-state index in [1.165, 1.54) is 0 Å². The number of carbonyl (C=O) groups is 1. The summed E-state index contributed by atoms with van der Waals surface area (Å²) in [4.78, 5) is 22.3. The molecule has 99 valence electrons. The molecular weight excluding hydrogens is 238 g/mol. The van der Waals surface area contributed by atoms with Gasteiger partial charge in [0.2, 0.25) is 12.2 Å². The van der Waals surface area contributed by atoms with Crippen LogP contribution in [0.2, 0.25) is 0 Å². The minimum atomic E-state index is -0.561. The molecule has 0 spiro atoms. The first kappa shape index (κ1) is 16.4. The Morgan fingerprint density at radius 2 is 2.12 bits per heavy atom. The van der Waals surface area contributed by atoms with Gasteiger partial charge in [0, 0.05) is 0 Å². The van der Waals surface area contributed by atoms with Crippen LogP contribution in [0.4, 0.5) is 0 Å². The van der Waals surface area contributed by atoms with Crippen molar-refractivity contribution in [2.24, 2.45) is 11.5 Å². The topological polar surface area (TPSA) is 98.2 Å². The highest BCUT2D eigenvalue weighted by atomic mass is 32.2. The van der Waals surface area contributed by atoms with Gasteiger partial charge in [0.05, 0.1) is 12.1 Å². The van der Waals surface area contributed by atoms with E-state index in [-0.39, 0.29) is 5.91 Å². The van der Waals surface area contributed by atoms with E-state index in [1.807, 2.05) is 12.5 Å². The Morgan fingerprint density at radius 1 is 1.41 bits per heavy atom. The smallest absolute Gasteiger partial charge is 0.237 e. The van der Waals surface area contributed by atoms with E-state index in [0.29, 0.717) is 19.4 Å². The molecule has 0 bridgehead atoms. The standard InChI is InChI=1S/C11H22N3O2S/c1-17-7-5-10(13)11(16)14-9(8-15)4-2-3-6-12/h9-10H,2-7,12-13H2,1H3,(H,14,16). The van der Waals surface area contributed by atoms with Gasteiger partial charge in [-0.3, -0.25) is 9.59 Å². The van der Waals surface area contributed by atoms with Gasteiger partial charge < -0.3 is 16.8 Å². The average Bonchev–Trinajstić information content (AvgIpc) is 2.34. The van der Waals surface area contributed by atoms with Crippen LogP contribution in [-0.4, -0.2) is 42.8 Å². The quantitative estimate of drug-likeness (QED) is 0.472. The maximum absolute atomic E-state index is 11.6. The molecule has 0 rings (SSSR count). The van der Waals surface area contributed by atoms with Gasteiger partial charge in [-0.15, -0.1) is 0 Å². The molecule has 0 aliphatic carbocycles. The molecule has 5 N–H and O–H groups in total. The Balaban J connectivity index is 3.91. The second-order valence-corrected chi connectivity index (χ2v) is 4.84. The molecule has 5 nitrogen and oxygen atoms in total. The molecule has 0 saturated carbocycles. The van der Waals surface area contributed by atoms with Crippen molar-refractivity contribution in [3.63, 3.8) is 0 Å². The van der Waals surface area contributed by atoms with Crippen molar-refractivity contribution in [1.82, 2.24) is 5.32 Å². The maximum atomic E-state index is 11.6. The van der Waals surface area contributed by atoms with Crippen molar-refractivity contribution in [3.8, 4) is 0 Å². The Hall–Kier alpha value is -0.590. The van der Waals surface area contributed by atoms with Crippen molar-refractivity contribution in [2.75, 3.05) is 18.6 Å². The first-order valence-corrected chi connectivity index (χ1v) is 7.17. The van der Waals surface area contributed by atoms with Crippen LogP contribution in [0.5, 0.6) is 0 Å². The predicted molar refractivity (Wildman–Crippen MR) is 71.5 cm³/mol. The summed E-state index contributed by atoms with van der Waals surface area (Å²) in [7, 11) is 0. The molecule has 1 amide bonds. The summed E-state index contributed by atoms with van der Waals surface area (Å²) < 4.78 is 0. The highest BCUT2D eigenvalue weighted by molar-refractivity contribution is 7.98. The van der Waals surface area contributed by atoms with Gasteiger partial charge in [-0.2, -0.15) is 11.8 Å². The lowest BCUT2D eigenvalue weighted by molar-refractivity contribution is -0.122. The van der Waals surface area contributed by atoms with Gasteiger partial charge in [0.15, 0.2) is 0 Å². The monoisotopic (exact) mass is 260 g/mol. The van der Waals surface area contributed by atoms with Crippen LogP contribution >= 0.6 is 11.8 Å². The summed E-state index contributed by atoms with van der Waals surface area (Å²) in [5.41, 5.74) is 11.0. The Labute approximate surface area is 107 Å². The minimum Gasteiger partial charge on any atom is -0.344 e. The van der Waals surface area contributed by atoms with E-state index < -0.39 is 12.1 Å². The summed E-state index contributed by atoms with van der Waals surface area (Å²) >= 11 is 1.64. The number of nitrogens with one attached hydrogen (secondary N) is 1. The van der Waals surface area contributed by atoms with E-state index >= 15 is 0 Å². The lowest BCUT2D eigenvalue weighted by Crippen LogP contribution is -2.46. The number of nitrogens with two attached hydrogens (primary N) is 2. The molecule has 17 heavy (non-hydrogen) atoms. The van der Waals surface area contributed by atoms with E-state index in [4.69, 9.17) is 11.5 Å². The van der Waals surface area contributed by atoms with Crippen molar-refractivity contribution in [3.05, 3.63) is 0 Å². The van der Waals surface area contributed by atoms with Crippen LogP contribution in [0.15, 0.2) is 0 Å². The molecule has 0 aliphatic rings. The van der Waals surface area contributed by atoms with Gasteiger partial charge in [-0.05, 0) is 44.2 Å². The normalized spacial score (nSPS) is 14.1. The zero-order valence-electron chi connectivity index (χ0n) is 10.3. The van der Waals surface area contributed by atoms with E-state index in [1.54, 1.807) is 11.8 Å². The molecule has 0 fully saturated rings. The highest BCUT2D eigenvalue weighted by Gasteiger charge is 2.17. The zero-order chi connectivity index (χ0) is 13.1. The van der Waals surface area contributed by atoms with Crippen molar-refractivity contribution in [1.29, 1.82) is 0 Å². The summed E-state index contributed by atoms with van der Waals surface area (Å²) in [6, 6.07) is -1.11. The molecule has 0 aromatic carbocycles. The number of amides is 1. The molecule has 0 aromatic heterocycles. The molecular formula is C11H22N3O2S. The fourth-order valence-corrected chi connectivity index (χ4v) is 1.80. The number of carbonyl (C=O) groups excluding carboxylic acids is 2. The minimum absolute atomic E-state index is 0.278. The van der Waals surface area contributed by atoms with E-state index in [2.05, 4.69) is 5.32 Å². The molecule has 2 unspecified atom stereocenters. The van der Waals surface area contributed by atoms with E-state index in [0.717, 1.165) is 18.6 Å². The van der Waals surface area contributed by atoms with Gasteiger partial charge in [0.25, 0.3) is 0 Å². The fourth-order valence-electron chi connectivity index (χ4n) is 1.31. The number of unbranched alkanes of at least 4 members (excludes halogenated alkanes) is 1. The molecule has 0 aromatic rings. The molecule has 0 heterocycles. The molecule has 0 aliphatic heterocycles. The number of rotatable bonds is 10. The SMILES string of the molecule is CSCCC(N)C(=O)NC([C]=O)CCCCN. The van der Waals surface area contributed by atoms with Gasteiger partial charge in [-0.25, -0.2) is 0 Å². The first-order chi connectivity index (χ1) is 8.15. The number of hydrogen-bond donors (Lipinski definition) is 3. The average molecular weight is 260 g/mol. The van der Waals surface area contributed by atoms with Crippen molar-refractivity contribution in [2.45, 2.75) is 37.8 Å².